The molecule has 0 saturated heterocycles. The zero-order valence-electron chi connectivity index (χ0n) is 20.7. The summed E-state index contributed by atoms with van der Waals surface area (Å²) in [5, 5.41) is 12.6. The number of rotatable bonds is 7. The minimum atomic E-state index is -0.0984. The Morgan fingerprint density at radius 1 is 0.974 bits per heavy atom. The van der Waals surface area contributed by atoms with Crippen LogP contribution in [0, 0.1) is 6.92 Å². The van der Waals surface area contributed by atoms with Gasteiger partial charge in [0.05, 0.1) is 17.5 Å². The SMILES string of the molecule is Cc1cnn2c(NCc3ccc(CNC(=O)c4c[nH]c5ccccc45)cc3)cc(-c3ccccc3Cl)nc12. The molecule has 0 fully saturated rings. The number of nitrogens with one attached hydrogen (secondary N) is 3. The highest BCUT2D eigenvalue weighted by Gasteiger charge is 2.13. The van der Waals surface area contributed by atoms with Crippen molar-refractivity contribution in [3.8, 4) is 11.3 Å². The van der Waals surface area contributed by atoms with Crippen LogP contribution in [0.4, 0.5) is 5.82 Å². The number of amides is 1. The summed E-state index contributed by atoms with van der Waals surface area (Å²) in [6.45, 7) is 3.04. The fourth-order valence-electron chi connectivity index (χ4n) is 4.51. The van der Waals surface area contributed by atoms with Crippen LogP contribution >= 0.6 is 11.6 Å². The lowest BCUT2D eigenvalue weighted by Gasteiger charge is -2.12. The number of fused-ring (bicyclic) bond motifs is 2. The highest BCUT2D eigenvalue weighted by molar-refractivity contribution is 6.33. The van der Waals surface area contributed by atoms with E-state index < -0.39 is 0 Å². The molecule has 0 spiro atoms. The molecule has 38 heavy (non-hydrogen) atoms. The van der Waals surface area contributed by atoms with Crippen molar-refractivity contribution in [2.75, 3.05) is 5.32 Å². The van der Waals surface area contributed by atoms with E-state index in [0.29, 0.717) is 23.7 Å². The summed E-state index contributed by atoms with van der Waals surface area (Å²) in [6.07, 6.45) is 3.56. The summed E-state index contributed by atoms with van der Waals surface area (Å²) >= 11 is 6.45. The van der Waals surface area contributed by atoms with Crippen LogP contribution in [0.3, 0.4) is 0 Å². The van der Waals surface area contributed by atoms with Gasteiger partial charge in [-0.2, -0.15) is 9.61 Å². The lowest BCUT2D eigenvalue weighted by molar-refractivity contribution is 0.0952. The van der Waals surface area contributed by atoms with E-state index >= 15 is 0 Å². The van der Waals surface area contributed by atoms with Gasteiger partial charge in [-0.25, -0.2) is 4.98 Å². The van der Waals surface area contributed by atoms with E-state index in [4.69, 9.17) is 16.6 Å². The molecule has 7 nitrogen and oxygen atoms in total. The van der Waals surface area contributed by atoms with Gasteiger partial charge in [-0.1, -0.05) is 72.3 Å². The molecule has 0 aliphatic heterocycles. The first-order valence-electron chi connectivity index (χ1n) is 12.3. The molecule has 6 rings (SSSR count). The van der Waals surface area contributed by atoms with Gasteiger partial charge in [-0.15, -0.1) is 0 Å². The number of H-pyrrole nitrogens is 1. The molecule has 0 bridgehead atoms. The van der Waals surface area contributed by atoms with E-state index in [1.807, 2.05) is 84.4 Å². The topological polar surface area (TPSA) is 87.1 Å². The quantitative estimate of drug-likeness (QED) is 0.228. The minimum absolute atomic E-state index is 0.0984. The zero-order valence-corrected chi connectivity index (χ0v) is 21.5. The lowest BCUT2D eigenvalue weighted by atomic mass is 10.1. The summed E-state index contributed by atoms with van der Waals surface area (Å²) in [6, 6.07) is 25.6. The summed E-state index contributed by atoms with van der Waals surface area (Å²) < 4.78 is 1.81. The maximum Gasteiger partial charge on any atom is 0.253 e. The first-order chi connectivity index (χ1) is 18.6. The van der Waals surface area contributed by atoms with Crippen molar-refractivity contribution < 1.29 is 4.79 Å². The molecule has 0 radical (unpaired) electrons. The summed E-state index contributed by atoms with van der Waals surface area (Å²) in [4.78, 5) is 20.7. The number of hydrogen-bond donors (Lipinski definition) is 3. The minimum Gasteiger partial charge on any atom is -0.366 e. The monoisotopic (exact) mass is 520 g/mol. The Labute approximate surface area is 224 Å². The largest absolute Gasteiger partial charge is 0.366 e. The predicted octanol–water partition coefficient (Wildman–Crippen LogP) is 6.38. The number of carbonyl (C=O) groups excluding carboxylic acids is 1. The molecule has 0 atom stereocenters. The molecule has 0 saturated carbocycles. The standard InChI is InChI=1S/C30H25ClN6O/c1-19-15-35-37-28(14-27(36-29(19)37)23-7-2-4-8-25(23)31)33-16-20-10-12-21(13-11-20)17-34-30(38)24-18-32-26-9-5-3-6-22(24)26/h2-15,18,32-33H,16-17H2,1H3,(H,34,38). The fourth-order valence-corrected chi connectivity index (χ4v) is 4.74. The van der Waals surface area contributed by atoms with Crippen molar-refractivity contribution in [2.45, 2.75) is 20.0 Å². The Bertz CT molecular complexity index is 1770. The van der Waals surface area contributed by atoms with Gasteiger partial charge in [0.2, 0.25) is 0 Å². The Morgan fingerprint density at radius 3 is 2.53 bits per heavy atom. The third kappa shape index (κ3) is 4.60. The van der Waals surface area contributed by atoms with E-state index in [1.54, 1.807) is 6.20 Å². The van der Waals surface area contributed by atoms with Crippen LogP contribution in [0.1, 0.15) is 27.0 Å². The van der Waals surface area contributed by atoms with Crippen LogP contribution in [0.15, 0.2) is 91.3 Å². The van der Waals surface area contributed by atoms with Gasteiger partial charge in [-0.05, 0) is 30.2 Å². The lowest BCUT2D eigenvalue weighted by Crippen LogP contribution is -2.22. The first-order valence-corrected chi connectivity index (χ1v) is 12.7. The highest BCUT2D eigenvalue weighted by atomic mass is 35.5. The molecule has 3 heterocycles. The second-order valence-corrected chi connectivity index (χ2v) is 9.58. The number of halogens is 1. The number of anilines is 1. The number of aromatic nitrogens is 4. The van der Waals surface area contributed by atoms with Crippen molar-refractivity contribution in [1.82, 2.24) is 24.9 Å². The normalized spacial score (nSPS) is 11.2. The number of carbonyl (C=O) groups is 1. The number of para-hydroxylation sites is 1. The molecule has 1 amide bonds. The predicted molar refractivity (Wildman–Crippen MR) is 151 cm³/mol. The maximum absolute atomic E-state index is 12.7. The average molecular weight is 521 g/mol. The number of aryl methyl sites for hydroxylation is 1. The van der Waals surface area contributed by atoms with E-state index in [0.717, 1.165) is 50.3 Å². The van der Waals surface area contributed by atoms with Crippen molar-refractivity contribution in [3.63, 3.8) is 0 Å². The molecule has 8 heteroatoms. The van der Waals surface area contributed by atoms with Gasteiger partial charge >= 0.3 is 0 Å². The first kappa shape index (κ1) is 23.8. The van der Waals surface area contributed by atoms with E-state index in [2.05, 4.69) is 32.8 Å². The number of aromatic amines is 1. The molecule has 0 aliphatic carbocycles. The van der Waals surface area contributed by atoms with Crippen LogP contribution in [0.5, 0.6) is 0 Å². The molecule has 3 aromatic heterocycles. The van der Waals surface area contributed by atoms with E-state index in [-0.39, 0.29) is 5.91 Å². The number of nitrogens with zero attached hydrogens (tertiary/aromatic N) is 3. The van der Waals surface area contributed by atoms with Crippen molar-refractivity contribution in [2.24, 2.45) is 0 Å². The molecule has 0 unspecified atom stereocenters. The third-order valence-electron chi connectivity index (χ3n) is 6.58. The molecular weight excluding hydrogens is 496 g/mol. The summed E-state index contributed by atoms with van der Waals surface area (Å²) in [7, 11) is 0. The Balaban J connectivity index is 1.15. The Hall–Kier alpha value is -4.62. The van der Waals surface area contributed by atoms with Gasteiger partial charge in [0, 0.05) is 52.4 Å². The van der Waals surface area contributed by atoms with Gasteiger partial charge in [-0.3, -0.25) is 4.79 Å². The number of benzene rings is 3. The van der Waals surface area contributed by atoms with E-state index in [9.17, 15) is 4.79 Å². The fraction of sp³-hybridized carbons (Fsp3) is 0.100. The average Bonchev–Trinajstić information content (AvgIpc) is 3.55. The van der Waals surface area contributed by atoms with E-state index in [1.165, 1.54) is 0 Å². The summed E-state index contributed by atoms with van der Waals surface area (Å²) in [5.41, 5.74) is 7.16. The molecular formula is C30H25ClN6O. The van der Waals surface area contributed by atoms with Crippen molar-refractivity contribution >= 4 is 39.9 Å². The summed E-state index contributed by atoms with van der Waals surface area (Å²) in [5.74, 6) is 0.729. The third-order valence-corrected chi connectivity index (χ3v) is 6.91. The van der Waals surface area contributed by atoms with Gasteiger partial charge in [0.15, 0.2) is 5.65 Å². The van der Waals surface area contributed by atoms with Crippen LogP contribution < -0.4 is 10.6 Å². The Morgan fingerprint density at radius 2 is 1.71 bits per heavy atom. The van der Waals surface area contributed by atoms with Crippen molar-refractivity contribution in [3.05, 3.63) is 119 Å². The highest BCUT2D eigenvalue weighted by Crippen LogP contribution is 2.29. The molecule has 3 aromatic carbocycles. The zero-order chi connectivity index (χ0) is 26.1. The second-order valence-electron chi connectivity index (χ2n) is 9.17. The molecule has 6 aromatic rings. The smallest absolute Gasteiger partial charge is 0.253 e. The van der Waals surface area contributed by atoms with Gasteiger partial charge in [0.1, 0.15) is 5.82 Å². The van der Waals surface area contributed by atoms with Crippen LogP contribution in [0.2, 0.25) is 5.02 Å². The molecule has 3 N–H and O–H groups in total. The van der Waals surface area contributed by atoms with Crippen LogP contribution in [-0.4, -0.2) is 25.5 Å². The van der Waals surface area contributed by atoms with Gasteiger partial charge in [0.25, 0.3) is 5.91 Å². The van der Waals surface area contributed by atoms with Crippen LogP contribution in [-0.2, 0) is 13.1 Å². The Kier molecular flexibility index (Phi) is 6.27. The molecule has 0 aliphatic rings. The van der Waals surface area contributed by atoms with Crippen molar-refractivity contribution in [1.29, 1.82) is 0 Å². The maximum atomic E-state index is 12.7. The molecule has 188 valence electrons. The second kappa shape index (κ2) is 10.0. The van der Waals surface area contributed by atoms with Gasteiger partial charge < -0.3 is 15.6 Å². The number of hydrogen-bond acceptors (Lipinski definition) is 4. The van der Waals surface area contributed by atoms with Crippen LogP contribution in [0.25, 0.3) is 27.8 Å².